The van der Waals surface area contributed by atoms with Gasteiger partial charge < -0.3 is 21.3 Å². The largest absolute Gasteiger partial charge is 0.368 e. The number of amides is 3. The minimum absolute atomic E-state index is 0.187. The van der Waals surface area contributed by atoms with Gasteiger partial charge in [0.25, 0.3) is 5.91 Å². The van der Waals surface area contributed by atoms with Crippen molar-refractivity contribution < 1.29 is 9.59 Å². The third-order valence-corrected chi connectivity index (χ3v) is 5.37. The van der Waals surface area contributed by atoms with Gasteiger partial charge >= 0.3 is 6.03 Å². The predicted octanol–water partition coefficient (Wildman–Crippen LogP) is 4.13. The van der Waals surface area contributed by atoms with E-state index in [2.05, 4.69) is 31.2 Å². The van der Waals surface area contributed by atoms with Gasteiger partial charge in [-0.05, 0) is 36.6 Å². The molecule has 0 unspecified atom stereocenters. The van der Waals surface area contributed by atoms with E-state index >= 15 is 0 Å². The molecule has 2 heterocycles. The molecule has 2 aromatic heterocycles. The highest BCUT2D eigenvalue weighted by atomic mass is 32.1. The van der Waals surface area contributed by atoms with E-state index in [1.54, 1.807) is 35.6 Å². The first-order valence-corrected chi connectivity index (χ1v) is 11.3. The van der Waals surface area contributed by atoms with Crippen molar-refractivity contribution in [2.75, 3.05) is 23.7 Å². The number of anilines is 2. The molecule has 0 aliphatic carbocycles. The summed E-state index contributed by atoms with van der Waals surface area (Å²) in [5.74, 6) is 1.59. The van der Waals surface area contributed by atoms with Gasteiger partial charge in [-0.1, -0.05) is 26.0 Å². The van der Waals surface area contributed by atoms with Gasteiger partial charge in [0.15, 0.2) is 0 Å². The zero-order valence-corrected chi connectivity index (χ0v) is 19.3. The van der Waals surface area contributed by atoms with Crippen molar-refractivity contribution in [1.29, 1.82) is 0 Å². The molecular weight excluding hydrogens is 424 g/mol. The quantitative estimate of drug-likeness (QED) is 0.365. The Balaban J connectivity index is 1.44. The number of hydrogen-bond acceptors (Lipinski definition) is 6. The van der Waals surface area contributed by atoms with Crippen LogP contribution in [0.5, 0.6) is 0 Å². The zero-order chi connectivity index (χ0) is 22.9. The van der Waals surface area contributed by atoms with E-state index < -0.39 is 0 Å². The van der Waals surface area contributed by atoms with Gasteiger partial charge in [-0.25, -0.2) is 14.8 Å². The molecule has 32 heavy (non-hydrogen) atoms. The summed E-state index contributed by atoms with van der Waals surface area (Å²) >= 11 is 1.59. The van der Waals surface area contributed by atoms with Crippen LogP contribution in [0.1, 0.15) is 46.5 Å². The fourth-order valence-electron chi connectivity index (χ4n) is 2.90. The molecule has 8 nitrogen and oxygen atoms in total. The molecule has 0 spiro atoms. The number of thiophene rings is 1. The average molecular weight is 453 g/mol. The highest BCUT2D eigenvalue weighted by Gasteiger charge is 2.09. The molecule has 0 saturated carbocycles. The molecule has 0 atom stereocenters. The molecule has 168 valence electrons. The van der Waals surface area contributed by atoms with Crippen LogP contribution in [-0.4, -0.2) is 35.0 Å². The van der Waals surface area contributed by atoms with E-state index in [0.29, 0.717) is 30.9 Å². The first-order chi connectivity index (χ1) is 15.4. The molecule has 0 bridgehead atoms. The lowest BCUT2D eigenvalue weighted by Gasteiger charge is -2.12. The van der Waals surface area contributed by atoms with Crippen LogP contribution >= 0.6 is 11.3 Å². The second-order valence-corrected chi connectivity index (χ2v) is 8.59. The first-order valence-electron chi connectivity index (χ1n) is 10.5. The fraction of sp³-hybridized carbons (Fsp3) is 0.304. The summed E-state index contributed by atoms with van der Waals surface area (Å²) in [5, 5.41) is 13.6. The van der Waals surface area contributed by atoms with Crippen LogP contribution in [0.2, 0.25) is 0 Å². The van der Waals surface area contributed by atoms with E-state index in [0.717, 1.165) is 22.2 Å². The van der Waals surface area contributed by atoms with Crippen molar-refractivity contribution in [2.45, 2.75) is 33.2 Å². The summed E-state index contributed by atoms with van der Waals surface area (Å²) in [4.78, 5) is 34.6. The highest BCUT2D eigenvalue weighted by Crippen LogP contribution is 2.14. The predicted molar refractivity (Wildman–Crippen MR) is 128 cm³/mol. The Hall–Kier alpha value is -3.46. The van der Waals surface area contributed by atoms with Crippen molar-refractivity contribution >= 4 is 34.8 Å². The Morgan fingerprint density at radius 3 is 2.62 bits per heavy atom. The molecule has 0 radical (unpaired) electrons. The van der Waals surface area contributed by atoms with Gasteiger partial charge in [0.2, 0.25) is 0 Å². The van der Waals surface area contributed by atoms with E-state index in [1.165, 1.54) is 0 Å². The van der Waals surface area contributed by atoms with Crippen LogP contribution < -0.4 is 21.3 Å². The third kappa shape index (κ3) is 7.05. The van der Waals surface area contributed by atoms with Crippen LogP contribution in [0, 0.1) is 6.92 Å². The summed E-state index contributed by atoms with van der Waals surface area (Å²) in [5.41, 5.74) is 1.93. The minimum atomic E-state index is -0.343. The average Bonchev–Trinajstić information content (AvgIpc) is 3.28. The molecule has 4 N–H and O–H groups in total. The Bertz CT molecular complexity index is 1050. The number of rotatable bonds is 9. The molecule has 0 saturated heterocycles. The SMILES string of the molecule is Cc1cc(NCCNC(=O)Nc2cccc(C(=O)NCc3cccs3)c2)nc(C(C)C)n1. The van der Waals surface area contributed by atoms with Crippen molar-refractivity contribution in [2.24, 2.45) is 0 Å². The van der Waals surface area contributed by atoms with Crippen LogP contribution in [0.3, 0.4) is 0 Å². The summed E-state index contributed by atoms with van der Waals surface area (Å²) in [6, 6.07) is 12.3. The fourth-order valence-corrected chi connectivity index (χ4v) is 3.55. The van der Waals surface area contributed by atoms with Gasteiger partial charge in [-0.15, -0.1) is 11.3 Å². The van der Waals surface area contributed by atoms with Gasteiger partial charge in [-0.3, -0.25) is 4.79 Å². The van der Waals surface area contributed by atoms with E-state index in [-0.39, 0.29) is 17.9 Å². The van der Waals surface area contributed by atoms with Crippen LogP contribution in [-0.2, 0) is 6.54 Å². The van der Waals surface area contributed by atoms with E-state index in [1.807, 2.05) is 44.4 Å². The van der Waals surface area contributed by atoms with Crippen molar-refractivity contribution in [3.63, 3.8) is 0 Å². The van der Waals surface area contributed by atoms with Crippen molar-refractivity contribution in [3.8, 4) is 0 Å². The Morgan fingerprint density at radius 1 is 1.03 bits per heavy atom. The topological polar surface area (TPSA) is 108 Å². The lowest BCUT2D eigenvalue weighted by atomic mass is 10.2. The number of carbonyl (C=O) groups excluding carboxylic acids is 2. The monoisotopic (exact) mass is 452 g/mol. The lowest BCUT2D eigenvalue weighted by molar-refractivity contribution is 0.0951. The second-order valence-electron chi connectivity index (χ2n) is 7.56. The molecule has 3 aromatic rings. The summed E-state index contributed by atoms with van der Waals surface area (Å²) in [7, 11) is 0. The zero-order valence-electron chi connectivity index (χ0n) is 18.4. The smallest absolute Gasteiger partial charge is 0.319 e. The lowest BCUT2D eigenvalue weighted by Crippen LogP contribution is -2.33. The Labute approximate surface area is 191 Å². The maximum atomic E-state index is 12.4. The first kappa shape index (κ1) is 23.2. The Morgan fingerprint density at radius 2 is 1.88 bits per heavy atom. The molecule has 0 fully saturated rings. The van der Waals surface area contributed by atoms with E-state index in [9.17, 15) is 9.59 Å². The number of carbonyl (C=O) groups is 2. The van der Waals surface area contributed by atoms with Crippen LogP contribution in [0.4, 0.5) is 16.3 Å². The molecule has 0 aliphatic heterocycles. The van der Waals surface area contributed by atoms with Gasteiger partial charge in [0.1, 0.15) is 11.6 Å². The highest BCUT2D eigenvalue weighted by molar-refractivity contribution is 7.09. The molecular formula is C23H28N6O2S. The summed E-state index contributed by atoms with van der Waals surface area (Å²) in [6.45, 7) is 7.44. The Kier molecular flexibility index (Phi) is 8.15. The van der Waals surface area contributed by atoms with Crippen molar-refractivity contribution in [1.82, 2.24) is 20.6 Å². The van der Waals surface area contributed by atoms with E-state index in [4.69, 9.17) is 0 Å². The van der Waals surface area contributed by atoms with Gasteiger partial charge in [0.05, 0.1) is 6.54 Å². The molecule has 1 aromatic carbocycles. The standard InChI is InChI=1S/C23H28N6O2S/c1-15(2)21-27-16(3)12-20(29-21)24-9-10-25-23(31)28-18-7-4-6-17(13-18)22(30)26-14-19-8-5-11-32-19/h4-8,11-13,15H,9-10,14H2,1-3H3,(H,26,30)(H,24,27,29)(H2,25,28,31). The number of nitrogens with zero attached hydrogens (tertiary/aromatic N) is 2. The number of benzene rings is 1. The third-order valence-electron chi connectivity index (χ3n) is 4.49. The minimum Gasteiger partial charge on any atom is -0.368 e. The second kappa shape index (κ2) is 11.2. The maximum absolute atomic E-state index is 12.4. The normalized spacial score (nSPS) is 10.6. The van der Waals surface area contributed by atoms with Crippen LogP contribution in [0.25, 0.3) is 0 Å². The number of aromatic nitrogens is 2. The summed E-state index contributed by atoms with van der Waals surface area (Å²) < 4.78 is 0. The number of hydrogen-bond donors (Lipinski definition) is 4. The van der Waals surface area contributed by atoms with Crippen LogP contribution in [0.15, 0.2) is 47.8 Å². The van der Waals surface area contributed by atoms with Crippen molar-refractivity contribution in [3.05, 3.63) is 69.8 Å². The summed E-state index contributed by atoms with van der Waals surface area (Å²) in [6.07, 6.45) is 0. The molecule has 3 amide bonds. The molecule has 3 rings (SSSR count). The number of nitrogens with one attached hydrogen (secondary N) is 4. The molecule has 9 heteroatoms. The maximum Gasteiger partial charge on any atom is 0.319 e. The number of aryl methyl sites for hydroxylation is 1. The number of urea groups is 1. The van der Waals surface area contributed by atoms with Gasteiger partial charge in [0, 0.05) is 46.9 Å². The van der Waals surface area contributed by atoms with Gasteiger partial charge in [-0.2, -0.15) is 0 Å². The molecule has 0 aliphatic rings.